The third-order valence-corrected chi connectivity index (χ3v) is 3.84. The van der Waals surface area contributed by atoms with E-state index in [2.05, 4.69) is 39.9 Å². The molecule has 5 heteroatoms. The van der Waals surface area contributed by atoms with Crippen LogP contribution in [-0.2, 0) is 16.0 Å². The van der Waals surface area contributed by atoms with Gasteiger partial charge >= 0.3 is 0 Å². The van der Waals surface area contributed by atoms with Gasteiger partial charge in [0.15, 0.2) is 0 Å². The average molecular weight is 283 g/mol. The first-order valence-corrected chi connectivity index (χ1v) is 7.18. The molecule has 5 nitrogen and oxygen atoms in total. The van der Waals surface area contributed by atoms with Crippen molar-refractivity contribution in [3.63, 3.8) is 0 Å². The van der Waals surface area contributed by atoms with Gasteiger partial charge in [0, 0.05) is 18.3 Å². The summed E-state index contributed by atoms with van der Waals surface area (Å²) in [6.07, 6.45) is 1.83. The zero-order chi connectivity index (χ0) is 14.1. The third kappa shape index (κ3) is 2.46. The fourth-order valence-electron chi connectivity index (χ4n) is 2.71. The fourth-order valence-corrected chi connectivity index (χ4v) is 2.71. The van der Waals surface area contributed by atoms with Crippen LogP contribution < -0.4 is 10.6 Å². The summed E-state index contributed by atoms with van der Waals surface area (Å²) in [5, 5.41) is 6.85. The van der Waals surface area contributed by atoms with Crippen LogP contribution >= 0.6 is 0 Å². The Morgan fingerprint density at radius 3 is 3.05 bits per heavy atom. The molecule has 0 radical (unpaired) electrons. The van der Waals surface area contributed by atoms with Crippen LogP contribution in [0.15, 0.2) is 36.5 Å². The third-order valence-electron chi connectivity index (χ3n) is 3.84. The second-order valence-electron chi connectivity index (χ2n) is 5.23. The number of nitrogens with one attached hydrogen (secondary N) is 2. The summed E-state index contributed by atoms with van der Waals surface area (Å²) in [6.45, 7) is 2.72. The van der Waals surface area contributed by atoms with E-state index in [4.69, 9.17) is 9.47 Å². The minimum absolute atomic E-state index is 0.0228. The summed E-state index contributed by atoms with van der Waals surface area (Å²) >= 11 is 0. The molecule has 2 N–H and O–H groups in total. The van der Waals surface area contributed by atoms with Gasteiger partial charge in [-0.1, -0.05) is 12.1 Å². The molecule has 21 heavy (non-hydrogen) atoms. The molecule has 2 aromatic rings. The topological polar surface area (TPSA) is 55.4 Å². The monoisotopic (exact) mass is 283 g/mol. The second kappa shape index (κ2) is 5.35. The van der Waals surface area contributed by atoms with Crippen LogP contribution in [0.4, 0.5) is 17.2 Å². The number of pyridine rings is 1. The number of nitrogens with zero attached hydrogens (tertiary/aromatic N) is 1. The van der Waals surface area contributed by atoms with Crippen LogP contribution in [0.5, 0.6) is 0 Å². The number of anilines is 3. The zero-order valence-electron chi connectivity index (χ0n) is 11.6. The minimum Gasteiger partial charge on any atom is -0.379 e. The Hall–Kier alpha value is -2.11. The summed E-state index contributed by atoms with van der Waals surface area (Å²) in [5.74, 6) is 0.911. The number of ether oxygens (including phenoxy) is 2. The summed E-state index contributed by atoms with van der Waals surface area (Å²) in [6, 6.07) is 10.3. The van der Waals surface area contributed by atoms with E-state index in [9.17, 15) is 0 Å². The molecule has 3 heterocycles. The molecule has 108 valence electrons. The molecule has 1 aromatic heterocycles. The second-order valence-corrected chi connectivity index (χ2v) is 5.23. The molecule has 1 fully saturated rings. The van der Waals surface area contributed by atoms with E-state index in [-0.39, 0.29) is 6.10 Å². The Labute approximate surface area is 123 Å². The van der Waals surface area contributed by atoms with Crippen molar-refractivity contribution in [3.05, 3.63) is 47.7 Å². The van der Waals surface area contributed by atoms with E-state index in [1.807, 2.05) is 6.07 Å². The van der Waals surface area contributed by atoms with Crippen molar-refractivity contribution in [1.29, 1.82) is 0 Å². The fraction of sp³-hybridized carbons (Fsp3) is 0.312. The molecule has 0 bridgehead atoms. The van der Waals surface area contributed by atoms with Gasteiger partial charge in [-0.2, -0.15) is 0 Å². The van der Waals surface area contributed by atoms with Crippen LogP contribution in [0.2, 0.25) is 0 Å². The smallest absolute Gasteiger partial charge is 0.135 e. The van der Waals surface area contributed by atoms with Gasteiger partial charge in [0.1, 0.15) is 11.9 Å². The van der Waals surface area contributed by atoms with Crippen molar-refractivity contribution in [3.8, 4) is 0 Å². The first-order valence-electron chi connectivity index (χ1n) is 7.18. The zero-order valence-corrected chi connectivity index (χ0v) is 11.6. The van der Waals surface area contributed by atoms with Gasteiger partial charge in [-0.3, -0.25) is 0 Å². The van der Waals surface area contributed by atoms with Crippen molar-refractivity contribution >= 4 is 17.2 Å². The molecular weight excluding hydrogens is 266 g/mol. The molecule has 1 saturated heterocycles. The molecule has 0 spiro atoms. The maximum absolute atomic E-state index is 5.76. The Morgan fingerprint density at radius 2 is 2.14 bits per heavy atom. The summed E-state index contributed by atoms with van der Waals surface area (Å²) < 4.78 is 11.2. The lowest BCUT2D eigenvalue weighted by Gasteiger charge is -2.24. The van der Waals surface area contributed by atoms with Gasteiger partial charge in [-0.25, -0.2) is 4.98 Å². The average Bonchev–Trinajstić information content (AvgIpc) is 2.74. The van der Waals surface area contributed by atoms with Gasteiger partial charge in [-0.15, -0.1) is 0 Å². The van der Waals surface area contributed by atoms with E-state index < -0.39 is 0 Å². The Kier molecular flexibility index (Phi) is 3.21. The highest BCUT2D eigenvalue weighted by Crippen LogP contribution is 2.33. The number of hydrogen-bond donors (Lipinski definition) is 2. The van der Waals surface area contributed by atoms with Crippen LogP contribution in [0.3, 0.4) is 0 Å². The standard InChI is InChI=1S/C16H17N3O2/c1-2-12-9-18-14-8-11(15-10-20-6-7-21-15)3-4-13(14)19-16(12)17-5-1/h1-5,8,15,18H,6-7,9-10H2,(H,17,19)/t15-/m0/s1. The van der Waals surface area contributed by atoms with Crippen molar-refractivity contribution in [2.75, 3.05) is 30.5 Å². The first-order chi connectivity index (χ1) is 10.4. The van der Waals surface area contributed by atoms with E-state index in [0.717, 1.165) is 34.9 Å². The largest absolute Gasteiger partial charge is 0.379 e. The maximum Gasteiger partial charge on any atom is 0.135 e. The molecule has 2 aliphatic rings. The Balaban J connectivity index is 1.64. The van der Waals surface area contributed by atoms with Gasteiger partial charge in [0.2, 0.25) is 0 Å². The van der Waals surface area contributed by atoms with E-state index >= 15 is 0 Å². The molecule has 4 rings (SSSR count). The van der Waals surface area contributed by atoms with Crippen molar-refractivity contribution in [2.45, 2.75) is 12.6 Å². The van der Waals surface area contributed by atoms with Gasteiger partial charge in [0.05, 0.1) is 31.2 Å². The normalized spacial score (nSPS) is 20.5. The molecule has 0 aliphatic carbocycles. The molecule has 1 aromatic carbocycles. The van der Waals surface area contributed by atoms with E-state index in [0.29, 0.717) is 19.8 Å². The van der Waals surface area contributed by atoms with Gasteiger partial charge < -0.3 is 20.1 Å². The number of aromatic nitrogens is 1. The highest BCUT2D eigenvalue weighted by Gasteiger charge is 2.19. The maximum atomic E-state index is 5.76. The van der Waals surface area contributed by atoms with Crippen molar-refractivity contribution in [2.24, 2.45) is 0 Å². The lowest BCUT2D eigenvalue weighted by atomic mass is 10.1. The molecule has 2 aliphatic heterocycles. The predicted molar refractivity (Wildman–Crippen MR) is 80.8 cm³/mol. The van der Waals surface area contributed by atoms with E-state index in [1.165, 1.54) is 0 Å². The quantitative estimate of drug-likeness (QED) is 0.843. The first kappa shape index (κ1) is 12.6. The minimum atomic E-state index is 0.0228. The molecular formula is C16H17N3O2. The molecule has 0 saturated carbocycles. The predicted octanol–water partition coefficient (Wildman–Crippen LogP) is 2.84. The van der Waals surface area contributed by atoms with Gasteiger partial charge in [-0.05, 0) is 23.8 Å². The SMILES string of the molecule is c1cnc2c(c1)CNc1cc([C@@H]3COCCO3)ccc1N2. The number of fused-ring (bicyclic) bond motifs is 2. The Bertz CT molecular complexity index is 654. The lowest BCUT2D eigenvalue weighted by Crippen LogP contribution is -2.22. The highest BCUT2D eigenvalue weighted by molar-refractivity contribution is 5.77. The van der Waals surface area contributed by atoms with Crippen LogP contribution in [0, 0.1) is 0 Å². The van der Waals surface area contributed by atoms with Crippen molar-refractivity contribution in [1.82, 2.24) is 4.98 Å². The summed E-state index contributed by atoms with van der Waals surface area (Å²) in [5.41, 5.74) is 4.40. The Morgan fingerprint density at radius 1 is 1.14 bits per heavy atom. The lowest BCUT2D eigenvalue weighted by molar-refractivity contribution is -0.0901. The van der Waals surface area contributed by atoms with Crippen molar-refractivity contribution < 1.29 is 9.47 Å². The van der Waals surface area contributed by atoms with Crippen LogP contribution in [-0.4, -0.2) is 24.8 Å². The van der Waals surface area contributed by atoms with Gasteiger partial charge in [0.25, 0.3) is 0 Å². The molecule has 0 unspecified atom stereocenters. The number of hydrogen-bond acceptors (Lipinski definition) is 5. The van der Waals surface area contributed by atoms with Crippen LogP contribution in [0.1, 0.15) is 17.2 Å². The van der Waals surface area contributed by atoms with Crippen LogP contribution in [0.25, 0.3) is 0 Å². The van der Waals surface area contributed by atoms with E-state index in [1.54, 1.807) is 6.20 Å². The highest BCUT2D eigenvalue weighted by atomic mass is 16.6. The molecule has 1 atom stereocenters. The molecule has 0 amide bonds. The number of benzene rings is 1. The number of rotatable bonds is 1. The summed E-state index contributed by atoms with van der Waals surface area (Å²) in [7, 11) is 0. The summed E-state index contributed by atoms with van der Waals surface area (Å²) in [4.78, 5) is 4.39.